The lowest BCUT2D eigenvalue weighted by molar-refractivity contribution is -0.132. The monoisotopic (exact) mass is 268 g/mol. The number of allylic oxidation sites excluding steroid dienone is 4. The van der Waals surface area contributed by atoms with Crippen LogP contribution in [0.15, 0.2) is 54.3 Å². The van der Waals surface area contributed by atoms with Crippen molar-refractivity contribution >= 4 is 17.7 Å². The summed E-state index contributed by atoms with van der Waals surface area (Å²) in [5, 5.41) is 8.64. The van der Waals surface area contributed by atoms with Gasteiger partial charge in [0.2, 0.25) is 0 Å². The van der Waals surface area contributed by atoms with E-state index in [4.69, 9.17) is 11.7 Å². The molecule has 0 aromatic heterocycles. The molecule has 0 saturated carbocycles. The molecule has 0 saturated heterocycles. The summed E-state index contributed by atoms with van der Waals surface area (Å²) in [4.78, 5) is 15.5. The molecule has 1 N–H and O–H groups in total. The largest absolute Gasteiger partial charge is 0.486 e. The SMILES string of the molecule is [C-]#[N+]\C(=C/C=C/C=C/c1ccc(N(C)C)cc1)C(=O)O. The van der Waals surface area contributed by atoms with E-state index in [1.54, 1.807) is 12.2 Å². The van der Waals surface area contributed by atoms with E-state index in [1.807, 2.05) is 49.3 Å². The lowest BCUT2D eigenvalue weighted by atomic mass is 10.2. The molecule has 0 aliphatic heterocycles. The Labute approximate surface area is 118 Å². The molecule has 20 heavy (non-hydrogen) atoms. The summed E-state index contributed by atoms with van der Waals surface area (Å²) in [7, 11) is 3.97. The summed E-state index contributed by atoms with van der Waals surface area (Å²) >= 11 is 0. The van der Waals surface area contributed by atoms with E-state index in [0.717, 1.165) is 11.3 Å². The molecule has 0 heterocycles. The van der Waals surface area contributed by atoms with E-state index >= 15 is 0 Å². The Balaban J connectivity index is 2.65. The Hall–Kier alpha value is -2.80. The van der Waals surface area contributed by atoms with E-state index in [2.05, 4.69) is 4.85 Å². The number of carboxylic acids is 1. The lowest BCUT2D eigenvalue weighted by Gasteiger charge is -2.11. The second-order valence-corrected chi connectivity index (χ2v) is 4.20. The zero-order chi connectivity index (χ0) is 15.0. The first-order valence-corrected chi connectivity index (χ1v) is 5.98. The van der Waals surface area contributed by atoms with Crippen molar-refractivity contribution in [2.45, 2.75) is 0 Å². The number of carbonyl (C=O) groups is 1. The molecule has 1 rings (SSSR count). The number of anilines is 1. The van der Waals surface area contributed by atoms with Crippen LogP contribution in [0.3, 0.4) is 0 Å². The number of hydrogen-bond acceptors (Lipinski definition) is 2. The van der Waals surface area contributed by atoms with Crippen LogP contribution >= 0.6 is 0 Å². The molecule has 0 aliphatic carbocycles. The van der Waals surface area contributed by atoms with E-state index in [9.17, 15) is 4.79 Å². The molecule has 0 aliphatic rings. The van der Waals surface area contributed by atoms with Gasteiger partial charge in [0.15, 0.2) is 0 Å². The third-order valence-electron chi connectivity index (χ3n) is 2.51. The molecule has 4 heteroatoms. The first-order valence-electron chi connectivity index (χ1n) is 5.98. The van der Waals surface area contributed by atoms with Crippen molar-refractivity contribution in [3.63, 3.8) is 0 Å². The maximum atomic E-state index is 10.6. The lowest BCUT2D eigenvalue weighted by Crippen LogP contribution is -2.07. The molecule has 102 valence electrons. The first-order chi connectivity index (χ1) is 9.54. The van der Waals surface area contributed by atoms with Crippen LogP contribution in [-0.4, -0.2) is 25.2 Å². The Morgan fingerprint density at radius 2 is 1.85 bits per heavy atom. The maximum Gasteiger partial charge on any atom is 0.333 e. The van der Waals surface area contributed by atoms with Crippen LogP contribution in [0.25, 0.3) is 10.9 Å². The average molecular weight is 268 g/mol. The average Bonchev–Trinajstić information content (AvgIpc) is 2.42. The van der Waals surface area contributed by atoms with Crippen LogP contribution in [0.1, 0.15) is 5.56 Å². The zero-order valence-corrected chi connectivity index (χ0v) is 11.4. The highest BCUT2D eigenvalue weighted by molar-refractivity contribution is 5.88. The standard InChI is InChI=1S/C16H16N2O2/c1-17-15(16(19)20)8-6-4-5-7-13-9-11-14(12-10-13)18(2)3/h4-12H,2-3H3,(H,19,20)/b6-4+,7-5+,15-8-. The predicted octanol–water partition coefficient (Wildman–Crippen LogP) is 3.21. The molecular formula is C16H16N2O2. The number of carboxylic acid groups (broad SMARTS) is 1. The van der Waals surface area contributed by atoms with Gasteiger partial charge in [-0.3, -0.25) is 4.79 Å². The minimum atomic E-state index is -1.21. The summed E-state index contributed by atoms with van der Waals surface area (Å²) in [5.74, 6) is -1.21. The summed E-state index contributed by atoms with van der Waals surface area (Å²) < 4.78 is 0. The Kier molecular flexibility index (Phi) is 5.79. The highest BCUT2D eigenvalue weighted by Gasteiger charge is 2.02. The third-order valence-corrected chi connectivity index (χ3v) is 2.51. The highest BCUT2D eigenvalue weighted by Crippen LogP contribution is 2.13. The van der Waals surface area contributed by atoms with Gasteiger partial charge in [-0.15, -0.1) is 0 Å². The maximum absolute atomic E-state index is 10.6. The molecule has 1 aromatic carbocycles. The van der Waals surface area contributed by atoms with E-state index in [1.165, 1.54) is 12.2 Å². The van der Waals surface area contributed by atoms with Crippen LogP contribution in [0.5, 0.6) is 0 Å². The summed E-state index contributed by atoms with van der Waals surface area (Å²) in [6.45, 7) is 6.68. The van der Waals surface area contributed by atoms with Gasteiger partial charge in [-0.25, -0.2) is 4.85 Å². The van der Waals surface area contributed by atoms with Crippen molar-refractivity contribution in [1.82, 2.24) is 0 Å². The molecule has 0 amide bonds. The van der Waals surface area contributed by atoms with Gasteiger partial charge < -0.3 is 10.0 Å². The fourth-order valence-electron chi connectivity index (χ4n) is 1.42. The van der Waals surface area contributed by atoms with Crippen molar-refractivity contribution in [2.24, 2.45) is 0 Å². The second-order valence-electron chi connectivity index (χ2n) is 4.20. The van der Waals surface area contributed by atoms with Crippen LogP contribution in [-0.2, 0) is 4.79 Å². The molecule has 0 atom stereocenters. The van der Waals surface area contributed by atoms with Gasteiger partial charge in [0.1, 0.15) is 0 Å². The predicted molar refractivity (Wildman–Crippen MR) is 81.3 cm³/mol. The molecule has 4 nitrogen and oxygen atoms in total. The zero-order valence-electron chi connectivity index (χ0n) is 11.4. The molecule has 0 bridgehead atoms. The van der Waals surface area contributed by atoms with Gasteiger partial charge in [0, 0.05) is 19.8 Å². The molecular weight excluding hydrogens is 252 g/mol. The Bertz CT molecular complexity index is 588. The Morgan fingerprint density at radius 3 is 2.35 bits per heavy atom. The van der Waals surface area contributed by atoms with Crippen LogP contribution in [0.4, 0.5) is 5.69 Å². The van der Waals surface area contributed by atoms with Gasteiger partial charge in [-0.05, 0) is 23.8 Å². The van der Waals surface area contributed by atoms with Crippen LogP contribution < -0.4 is 4.90 Å². The third kappa shape index (κ3) is 4.83. The molecule has 0 radical (unpaired) electrons. The van der Waals surface area contributed by atoms with Crippen LogP contribution in [0, 0.1) is 6.57 Å². The molecule has 0 fully saturated rings. The van der Waals surface area contributed by atoms with E-state index in [-0.39, 0.29) is 5.70 Å². The quantitative estimate of drug-likeness (QED) is 0.506. The van der Waals surface area contributed by atoms with Crippen molar-refractivity contribution in [3.8, 4) is 0 Å². The van der Waals surface area contributed by atoms with Gasteiger partial charge in [-0.1, -0.05) is 36.4 Å². The summed E-state index contributed by atoms with van der Waals surface area (Å²) in [6.07, 6.45) is 8.20. The van der Waals surface area contributed by atoms with Crippen LogP contribution in [0.2, 0.25) is 0 Å². The number of rotatable bonds is 5. The van der Waals surface area contributed by atoms with Crippen molar-refractivity contribution < 1.29 is 9.90 Å². The second kappa shape index (κ2) is 7.59. The fraction of sp³-hybridized carbons (Fsp3) is 0.125. The highest BCUT2D eigenvalue weighted by atomic mass is 16.4. The smallest absolute Gasteiger partial charge is 0.333 e. The minimum Gasteiger partial charge on any atom is -0.486 e. The number of aliphatic carboxylic acids is 1. The van der Waals surface area contributed by atoms with Crippen molar-refractivity contribution in [3.05, 3.63) is 71.2 Å². The normalized spacial score (nSPS) is 11.8. The minimum absolute atomic E-state index is 0.301. The molecule has 1 aromatic rings. The van der Waals surface area contributed by atoms with E-state index in [0.29, 0.717) is 0 Å². The van der Waals surface area contributed by atoms with Gasteiger partial charge in [-0.2, -0.15) is 0 Å². The molecule has 0 spiro atoms. The topological polar surface area (TPSA) is 44.9 Å². The van der Waals surface area contributed by atoms with Gasteiger partial charge in [0.05, 0.1) is 6.57 Å². The summed E-state index contributed by atoms with van der Waals surface area (Å²) in [5.41, 5.74) is 1.88. The first kappa shape index (κ1) is 15.3. The number of nitrogens with zero attached hydrogens (tertiary/aromatic N) is 2. The summed E-state index contributed by atoms with van der Waals surface area (Å²) in [6, 6.07) is 8.03. The van der Waals surface area contributed by atoms with Gasteiger partial charge in [0.25, 0.3) is 5.70 Å². The number of benzene rings is 1. The van der Waals surface area contributed by atoms with E-state index < -0.39 is 5.97 Å². The molecule has 0 unspecified atom stereocenters. The number of hydrogen-bond donors (Lipinski definition) is 1. The van der Waals surface area contributed by atoms with Crippen molar-refractivity contribution in [2.75, 3.05) is 19.0 Å². The van der Waals surface area contributed by atoms with Crippen molar-refractivity contribution in [1.29, 1.82) is 0 Å². The van der Waals surface area contributed by atoms with Gasteiger partial charge >= 0.3 is 5.97 Å². The fourth-order valence-corrected chi connectivity index (χ4v) is 1.42. The Morgan fingerprint density at radius 1 is 1.20 bits per heavy atom.